The molecule has 0 aromatic heterocycles. The standard InChI is InChI=1S/C22H26ClFN2O3S/c1-2-29-22(27)21(25)17-10-11-26(13-15-8-9-19(24)18(23)12-15)14-20(17)30(28)16-6-4-3-5-7-16/h3-9,12,17,20-21H,2,10-11,13-14,25H2,1H3. The van der Waals surface area contributed by atoms with Crippen LogP contribution in [0.5, 0.6) is 0 Å². The highest BCUT2D eigenvalue weighted by molar-refractivity contribution is 7.85. The topological polar surface area (TPSA) is 72.6 Å². The molecule has 30 heavy (non-hydrogen) atoms. The largest absolute Gasteiger partial charge is 0.465 e. The molecular formula is C22H26ClFN2O3S. The minimum Gasteiger partial charge on any atom is -0.465 e. The van der Waals surface area contributed by atoms with Crippen molar-refractivity contribution < 1.29 is 18.1 Å². The average Bonchev–Trinajstić information content (AvgIpc) is 2.76. The number of carbonyl (C=O) groups excluding carboxylic acids is 1. The Morgan fingerprint density at radius 2 is 2.07 bits per heavy atom. The van der Waals surface area contributed by atoms with Gasteiger partial charge in [-0.2, -0.15) is 0 Å². The maximum atomic E-state index is 13.5. The third-order valence-corrected chi connectivity index (χ3v) is 7.43. The predicted octanol–water partition coefficient (Wildman–Crippen LogP) is 3.37. The van der Waals surface area contributed by atoms with Gasteiger partial charge in [0.1, 0.15) is 11.9 Å². The number of likely N-dealkylation sites (tertiary alicyclic amines) is 1. The van der Waals surface area contributed by atoms with Gasteiger partial charge in [0.25, 0.3) is 0 Å². The summed E-state index contributed by atoms with van der Waals surface area (Å²) >= 11 is 5.91. The summed E-state index contributed by atoms with van der Waals surface area (Å²) in [5, 5.41) is -0.257. The fourth-order valence-electron chi connectivity index (χ4n) is 3.82. The van der Waals surface area contributed by atoms with E-state index in [2.05, 4.69) is 4.90 Å². The molecule has 0 radical (unpaired) electrons. The van der Waals surface area contributed by atoms with Crippen molar-refractivity contribution >= 4 is 28.4 Å². The van der Waals surface area contributed by atoms with E-state index in [4.69, 9.17) is 22.1 Å². The number of esters is 1. The first kappa shape index (κ1) is 22.9. The summed E-state index contributed by atoms with van der Waals surface area (Å²) in [6.45, 7) is 3.71. The molecule has 8 heteroatoms. The number of ether oxygens (including phenoxy) is 1. The lowest BCUT2D eigenvalue weighted by Crippen LogP contribution is -2.54. The molecule has 1 saturated heterocycles. The van der Waals surface area contributed by atoms with Crippen molar-refractivity contribution in [1.29, 1.82) is 0 Å². The van der Waals surface area contributed by atoms with Crippen molar-refractivity contribution in [2.75, 3.05) is 19.7 Å². The Kier molecular flexibility index (Phi) is 7.99. The van der Waals surface area contributed by atoms with Crippen LogP contribution in [0.15, 0.2) is 53.4 Å². The van der Waals surface area contributed by atoms with Gasteiger partial charge in [-0.25, -0.2) is 4.39 Å². The van der Waals surface area contributed by atoms with Crippen LogP contribution in [-0.2, 0) is 26.9 Å². The third-order valence-electron chi connectivity index (χ3n) is 5.36. The first-order valence-electron chi connectivity index (χ1n) is 9.94. The van der Waals surface area contributed by atoms with Crippen LogP contribution < -0.4 is 5.73 Å². The maximum Gasteiger partial charge on any atom is 0.323 e. The van der Waals surface area contributed by atoms with E-state index in [1.807, 2.05) is 30.3 Å². The lowest BCUT2D eigenvalue weighted by atomic mass is 9.89. The molecule has 4 atom stereocenters. The molecule has 1 heterocycles. The summed E-state index contributed by atoms with van der Waals surface area (Å²) in [7, 11) is -1.34. The van der Waals surface area contributed by atoms with Gasteiger partial charge >= 0.3 is 5.97 Å². The molecule has 0 amide bonds. The van der Waals surface area contributed by atoms with Crippen molar-refractivity contribution in [3.05, 3.63) is 64.9 Å². The van der Waals surface area contributed by atoms with Gasteiger partial charge in [0.05, 0.1) is 27.7 Å². The molecule has 2 aromatic rings. The highest BCUT2D eigenvalue weighted by atomic mass is 35.5. The second-order valence-corrected chi connectivity index (χ2v) is 9.44. The fraction of sp³-hybridized carbons (Fsp3) is 0.409. The van der Waals surface area contributed by atoms with Crippen LogP contribution in [0.3, 0.4) is 0 Å². The SMILES string of the molecule is CCOC(=O)C(N)C1CCN(Cc2ccc(F)c(Cl)c2)CC1S(=O)c1ccccc1. The molecule has 0 spiro atoms. The molecule has 2 N–H and O–H groups in total. The van der Waals surface area contributed by atoms with Crippen molar-refractivity contribution in [2.45, 2.75) is 36.1 Å². The van der Waals surface area contributed by atoms with Gasteiger partial charge in [-0.3, -0.25) is 13.9 Å². The van der Waals surface area contributed by atoms with Crippen LogP contribution in [-0.4, -0.2) is 46.1 Å². The summed E-state index contributed by atoms with van der Waals surface area (Å²) in [6, 6.07) is 13.0. The number of piperidine rings is 1. The molecule has 4 unspecified atom stereocenters. The Morgan fingerprint density at radius 3 is 2.73 bits per heavy atom. The summed E-state index contributed by atoms with van der Waals surface area (Å²) < 4.78 is 32.0. The number of nitrogens with zero attached hydrogens (tertiary/aromatic N) is 1. The number of carbonyl (C=O) groups is 1. The maximum absolute atomic E-state index is 13.5. The van der Waals surface area contributed by atoms with Crippen molar-refractivity contribution in [2.24, 2.45) is 11.7 Å². The quantitative estimate of drug-likeness (QED) is 0.652. The molecular weight excluding hydrogens is 427 g/mol. The molecule has 162 valence electrons. The number of rotatable bonds is 7. The van der Waals surface area contributed by atoms with Gasteiger partial charge in [0.2, 0.25) is 0 Å². The molecule has 1 fully saturated rings. The van der Waals surface area contributed by atoms with Gasteiger partial charge in [-0.15, -0.1) is 0 Å². The number of hydrogen-bond acceptors (Lipinski definition) is 5. The van der Waals surface area contributed by atoms with Gasteiger partial charge in [0.15, 0.2) is 0 Å². The zero-order valence-corrected chi connectivity index (χ0v) is 18.4. The smallest absolute Gasteiger partial charge is 0.323 e. The molecule has 1 aliphatic heterocycles. The van der Waals surface area contributed by atoms with Crippen molar-refractivity contribution in [3.8, 4) is 0 Å². The van der Waals surface area contributed by atoms with Gasteiger partial charge < -0.3 is 10.5 Å². The highest BCUT2D eigenvalue weighted by Crippen LogP contribution is 2.29. The van der Waals surface area contributed by atoms with Crippen LogP contribution >= 0.6 is 11.6 Å². The minimum absolute atomic E-state index is 0.0798. The lowest BCUT2D eigenvalue weighted by Gasteiger charge is -2.39. The first-order valence-corrected chi connectivity index (χ1v) is 11.5. The average molecular weight is 453 g/mol. The van der Waals surface area contributed by atoms with Gasteiger partial charge in [-0.05, 0) is 49.7 Å². The molecule has 0 aliphatic carbocycles. The van der Waals surface area contributed by atoms with Crippen molar-refractivity contribution in [1.82, 2.24) is 4.90 Å². The summed E-state index contributed by atoms with van der Waals surface area (Å²) in [5.74, 6) is -1.18. The summed E-state index contributed by atoms with van der Waals surface area (Å²) in [6.07, 6.45) is 0.609. The van der Waals surface area contributed by atoms with Gasteiger partial charge in [0, 0.05) is 23.9 Å². The van der Waals surface area contributed by atoms with Crippen LogP contribution in [0.25, 0.3) is 0 Å². The van der Waals surface area contributed by atoms with E-state index in [1.165, 1.54) is 6.07 Å². The van der Waals surface area contributed by atoms with Gasteiger partial charge in [-0.1, -0.05) is 35.9 Å². The van der Waals surface area contributed by atoms with E-state index in [-0.39, 0.29) is 22.8 Å². The minimum atomic E-state index is -1.34. The Morgan fingerprint density at radius 1 is 1.33 bits per heavy atom. The number of nitrogens with two attached hydrogens (primary N) is 1. The second-order valence-electron chi connectivity index (χ2n) is 7.36. The fourth-order valence-corrected chi connectivity index (χ4v) is 5.77. The molecule has 0 saturated carbocycles. The number of benzene rings is 2. The molecule has 3 rings (SSSR count). The Bertz CT molecular complexity index is 899. The molecule has 0 bridgehead atoms. The number of hydrogen-bond donors (Lipinski definition) is 1. The van der Waals surface area contributed by atoms with E-state index in [9.17, 15) is 13.4 Å². The lowest BCUT2D eigenvalue weighted by molar-refractivity contribution is -0.146. The van der Waals surface area contributed by atoms with Crippen LogP contribution in [0.4, 0.5) is 4.39 Å². The Balaban J connectivity index is 1.81. The molecule has 5 nitrogen and oxygen atoms in total. The van der Waals surface area contributed by atoms with Crippen LogP contribution in [0, 0.1) is 11.7 Å². The normalized spacial score (nSPS) is 21.7. The highest BCUT2D eigenvalue weighted by Gasteiger charge is 2.40. The van der Waals surface area contributed by atoms with E-state index in [1.54, 1.807) is 19.1 Å². The predicted molar refractivity (Wildman–Crippen MR) is 116 cm³/mol. The second kappa shape index (κ2) is 10.5. The third kappa shape index (κ3) is 5.46. The first-order chi connectivity index (χ1) is 14.4. The van der Waals surface area contributed by atoms with Crippen LogP contribution in [0.2, 0.25) is 5.02 Å². The number of halogens is 2. The van der Waals surface area contributed by atoms with E-state index < -0.39 is 28.6 Å². The van der Waals surface area contributed by atoms with Crippen molar-refractivity contribution in [3.63, 3.8) is 0 Å². The Hall–Kier alpha value is -1.80. The molecule has 2 aromatic carbocycles. The monoisotopic (exact) mass is 452 g/mol. The molecule has 1 aliphatic rings. The van der Waals surface area contributed by atoms with Crippen LogP contribution in [0.1, 0.15) is 18.9 Å². The zero-order valence-electron chi connectivity index (χ0n) is 16.8. The summed E-state index contributed by atoms with van der Waals surface area (Å²) in [5.41, 5.74) is 7.11. The zero-order chi connectivity index (χ0) is 21.7. The van der Waals surface area contributed by atoms with E-state index in [0.717, 1.165) is 5.56 Å². The Labute approximate surface area is 183 Å². The van der Waals surface area contributed by atoms with E-state index in [0.29, 0.717) is 31.0 Å². The summed E-state index contributed by atoms with van der Waals surface area (Å²) in [4.78, 5) is 15.1. The van der Waals surface area contributed by atoms with E-state index >= 15 is 0 Å².